The summed E-state index contributed by atoms with van der Waals surface area (Å²) in [5.74, 6) is 0.805. The maximum absolute atomic E-state index is 10.0. The first kappa shape index (κ1) is 13.1. The molecule has 1 aliphatic rings. The van der Waals surface area contributed by atoms with E-state index in [0.717, 1.165) is 10.8 Å². The molecule has 3 heteroatoms. The summed E-state index contributed by atoms with van der Waals surface area (Å²) in [7, 11) is 0. The van der Waals surface area contributed by atoms with Crippen LogP contribution in [-0.4, -0.2) is 17.7 Å². The van der Waals surface area contributed by atoms with Crippen LogP contribution in [0.1, 0.15) is 50.0 Å². The number of nitrogens with one attached hydrogen (secondary N) is 1. The second kappa shape index (κ2) is 6.53. The van der Waals surface area contributed by atoms with Crippen LogP contribution in [0.2, 0.25) is 0 Å². The Hall–Kier alpha value is -0.380. The Labute approximate surface area is 108 Å². The molecule has 1 saturated carbocycles. The highest BCUT2D eigenvalue weighted by atomic mass is 32.1. The Morgan fingerprint density at radius 2 is 2.18 bits per heavy atom. The molecule has 1 aromatic heterocycles. The summed E-state index contributed by atoms with van der Waals surface area (Å²) in [6.45, 7) is 2.94. The quantitative estimate of drug-likeness (QED) is 0.843. The number of aliphatic hydroxyl groups is 1. The van der Waals surface area contributed by atoms with Gasteiger partial charge in [-0.3, -0.25) is 0 Å². The smallest absolute Gasteiger partial charge is 0.101 e. The van der Waals surface area contributed by atoms with E-state index < -0.39 is 0 Å². The molecule has 2 nitrogen and oxygen atoms in total. The summed E-state index contributed by atoms with van der Waals surface area (Å²) in [5, 5.41) is 15.5. The summed E-state index contributed by atoms with van der Waals surface area (Å²) in [5.41, 5.74) is 0. The van der Waals surface area contributed by atoms with Gasteiger partial charge >= 0.3 is 0 Å². The van der Waals surface area contributed by atoms with Crippen molar-refractivity contribution in [3.05, 3.63) is 22.4 Å². The first-order valence-corrected chi connectivity index (χ1v) is 7.60. The zero-order chi connectivity index (χ0) is 12.1. The van der Waals surface area contributed by atoms with E-state index in [-0.39, 0.29) is 6.10 Å². The van der Waals surface area contributed by atoms with Crippen molar-refractivity contribution in [2.24, 2.45) is 5.92 Å². The number of hydrogen-bond donors (Lipinski definition) is 2. The molecule has 2 N–H and O–H groups in total. The second-order valence-electron chi connectivity index (χ2n) is 5.13. The zero-order valence-electron chi connectivity index (χ0n) is 10.6. The van der Waals surface area contributed by atoms with Gasteiger partial charge in [-0.15, -0.1) is 11.3 Å². The van der Waals surface area contributed by atoms with Crippen molar-refractivity contribution >= 4 is 11.3 Å². The molecule has 0 spiro atoms. The van der Waals surface area contributed by atoms with Gasteiger partial charge < -0.3 is 10.4 Å². The van der Waals surface area contributed by atoms with Crippen molar-refractivity contribution < 1.29 is 5.11 Å². The van der Waals surface area contributed by atoms with Crippen LogP contribution in [0.5, 0.6) is 0 Å². The van der Waals surface area contributed by atoms with Gasteiger partial charge in [0.15, 0.2) is 0 Å². The third-order valence-electron chi connectivity index (χ3n) is 3.86. The predicted molar refractivity (Wildman–Crippen MR) is 73.3 cm³/mol. The number of rotatable bonds is 5. The highest BCUT2D eigenvalue weighted by Crippen LogP contribution is 2.26. The first-order valence-electron chi connectivity index (χ1n) is 6.72. The average Bonchev–Trinajstić information content (AvgIpc) is 2.90. The van der Waals surface area contributed by atoms with Gasteiger partial charge in [0.25, 0.3) is 0 Å². The molecular formula is C14H23NOS. The minimum Gasteiger partial charge on any atom is -0.386 e. The van der Waals surface area contributed by atoms with Gasteiger partial charge in [-0.25, -0.2) is 0 Å². The summed E-state index contributed by atoms with van der Waals surface area (Å²) < 4.78 is 0. The standard InChI is InChI=1S/C14H23NOS/c1-11(12-6-3-2-4-7-12)15-10-13(16)14-8-5-9-17-14/h5,8-9,11-13,15-16H,2-4,6-7,10H2,1H3/t11-,13?/m0/s1. The molecule has 0 amide bonds. The molecule has 2 rings (SSSR count). The maximum Gasteiger partial charge on any atom is 0.101 e. The molecule has 17 heavy (non-hydrogen) atoms. The first-order chi connectivity index (χ1) is 8.27. The fourth-order valence-electron chi connectivity index (χ4n) is 2.68. The molecule has 1 unspecified atom stereocenters. The molecule has 0 radical (unpaired) electrons. The summed E-state index contributed by atoms with van der Waals surface area (Å²) >= 11 is 1.63. The molecule has 0 saturated heterocycles. The lowest BCUT2D eigenvalue weighted by Gasteiger charge is -2.29. The van der Waals surface area contributed by atoms with Crippen LogP contribution in [0.25, 0.3) is 0 Å². The predicted octanol–water partition coefficient (Wildman–Crippen LogP) is 3.34. The molecule has 0 aliphatic heterocycles. The van der Waals surface area contributed by atoms with E-state index in [2.05, 4.69) is 12.2 Å². The number of thiophene rings is 1. The highest BCUT2D eigenvalue weighted by Gasteiger charge is 2.20. The van der Waals surface area contributed by atoms with E-state index in [4.69, 9.17) is 0 Å². The van der Waals surface area contributed by atoms with Gasteiger partial charge in [0.1, 0.15) is 6.10 Å². The number of aliphatic hydroxyl groups excluding tert-OH is 1. The number of hydrogen-bond acceptors (Lipinski definition) is 3. The summed E-state index contributed by atoms with van der Waals surface area (Å²) in [6, 6.07) is 4.53. The Balaban J connectivity index is 1.73. The molecule has 1 aliphatic carbocycles. The van der Waals surface area contributed by atoms with Crippen molar-refractivity contribution in [3.8, 4) is 0 Å². The van der Waals surface area contributed by atoms with Gasteiger partial charge in [0.2, 0.25) is 0 Å². The topological polar surface area (TPSA) is 32.3 Å². The summed E-state index contributed by atoms with van der Waals surface area (Å²) in [6.07, 6.45) is 6.52. The normalized spacial score (nSPS) is 21.3. The summed E-state index contributed by atoms with van der Waals surface area (Å²) in [4.78, 5) is 1.06. The van der Waals surface area contributed by atoms with Crippen molar-refractivity contribution in [1.82, 2.24) is 5.32 Å². The lowest BCUT2D eigenvalue weighted by atomic mass is 9.84. The molecule has 2 atom stereocenters. The second-order valence-corrected chi connectivity index (χ2v) is 6.11. The third-order valence-corrected chi connectivity index (χ3v) is 4.84. The van der Waals surface area contributed by atoms with E-state index in [1.54, 1.807) is 11.3 Å². The van der Waals surface area contributed by atoms with Crippen LogP contribution in [0, 0.1) is 5.92 Å². The Morgan fingerprint density at radius 3 is 2.82 bits per heavy atom. The van der Waals surface area contributed by atoms with Crippen molar-refractivity contribution in [2.75, 3.05) is 6.54 Å². The van der Waals surface area contributed by atoms with E-state index >= 15 is 0 Å². The van der Waals surface area contributed by atoms with Gasteiger partial charge in [0.05, 0.1) is 0 Å². The van der Waals surface area contributed by atoms with Gasteiger partial charge in [-0.05, 0) is 37.1 Å². The highest BCUT2D eigenvalue weighted by molar-refractivity contribution is 7.10. The zero-order valence-corrected chi connectivity index (χ0v) is 11.4. The van der Waals surface area contributed by atoms with Crippen LogP contribution in [0.3, 0.4) is 0 Å². The van der Waals surface area contributed by atoms with Gasteiger partial charge in [0, 0.05) is 17.5 Å². The fourth-order valence-corrected chi connectivity index (χ4v) is 3.39. The fraction of sp³-hybridized carbons (Fsp3) is 0.714. The van der Waals surface area contributed by atoms with Crippen molar-refractivity contribution in [3.63, 3.8) is 0 Å². The SMILES string of the molecule is C[C@H](NCC(O)c1cccs1)C1CCCCC1. The Morgan fingerprint density at radius 1 is 1.41 bits per heavy atom. The average molecular weight is 253 g/mol. The Kier molecular flexibility index (Phi) is 5.01. The van der Waals surface area contributed by atoms with E-state index in [1.807, 2.05) is 17.5 Å². The molecule has 0 bridgehead atoms. The van der Waals surface area contributed by atoms with Crippen LogP contribution in [-0.2, 0) is 0 Å². The molecule has 1 fully saturated rings. The van der Waals surface area contributed by atoms with E-state index in [9.17, 15) is 5.11 Å². The molecular weight excluding hydrogens is 230 g/mol. The molecule has 0 aromatic carbocycles. The van der Waals surface area contributed by atoms with Crippen molar-refractivity contribution in [1.29, 1.82) is 0 Å². The minimum atomic E-state index is -0.346. The van der Waals surface area contributed by atoms with Crippen LogP contribution in [0.15, 0.2) is 17.5 Å². The van der Waals surface area contributed by atoms with Gasteiger partial charge in [-0.1, -0.05) is 25.3 Å². The molecule has 96 valence electrons. The molecule has 1 heterocycles. The molecule has 1 aromatic rings. The lowest BCUT2D eigenvalue weighted by Crippen LogP contribution is -2.37. The minimum absolute atomic E-state index is 0.346. The van der Waals surface area contributed by atoms with E-state index in [1.165, 1.54) is 32.1 Å². The van der Waals surface area contributed by atoms with E-state index in [0.29, 0.717) is 12.6 Å². The van der Waals surface area contributed by atoms with Crippen LogP contribution >= 0.6 is 11.3 Å². The Bertz CT molecular complexity index is 306. The largest absolute Gasteiger partial charge is 0.386 e. The lowest BCUT2D eigenvalue weighted by molar-refractivity contribution is 0.164. The van der Waals surface area contributed by atoms with Crippen LogP contribution in [0.4, 0.5) is 0 Å². The van der Waals surface area contributed by atoms with Crippen molar-refractivity contribution in [2.45, 2.75) is 51.2 Å². The monoisotopic (exact) mass is 253 g/mol. The maximum atomic E-state index is 10.0. The van der Waals surface area contributed by atoms with Gasteiger partial charge in [-0.2, -0.15) is 0 Å². The third kappa shape index (κ3) is 3.80. The van der Waals surface area contributed by atoms with Crippen LogP contribution < -0.4 is 5.32 Å².